The maximum atomic E-state index is 9.42. The standard InChI is InChI=1S/C19H12N2/c20-13-14-7-6-12-18-19(14)16-10-4-5-11-17(16)21(18)15-8-2-1-3-9-15/h1-12H. The monoisotopic (exact) mass is 268 g/mol. The Kier molecular flexibility index (Phi) is 2.52. The van der Waals surface area contributed by atoms with Crippen LogP contribution in [0.4, 0.5) is 0 Å². The summed E-state index contributed by atoms with van der Waals surface area (Å²) in [5, 5.41) is 11.6. The summed E-state index contributed by atoms with van der Waals surface area (Å²) in [7, 11) is 0. The van der Waals surface area contributed by atoms with E-state index >= 15 is 0 Å². The van der Waals surface area contributed by atoms with Crippen molar-refractivity contribution in [2.45, 2.75) is 0 Å². The van der Waals surface area contributed by atoms with Gasteiger partial charge in [-0.1, -0.05) is 42.5 Å². The molecule has 0 saturated carbocycles. The number of aromatic nitrogens is 1. The van der Waals surface area contributed by atoms with Crippen LogP contribution in [-0.2, 0) is 0 Å². The van der Waals surface area contributed by atoms with Crippen molar-refractivity contribution in [2.24, 2.45) is 0 Å². The van der Waals surface area contributed by atoms with Crippen LogP contribution in [0.5, 0.6) is 0 Å². The van der Waals surface area contributed by atoms with Crippen molar-refractivity contribution in [3.63, 3.8) is 0 Å². The first kappa shape index (κ1) is 11.7. The molecule has 2 heteroatoms. The van der Waals surface area contributed by atoms with Crippen LogP contribution in [0.3, 0.4) is 0 Å². The zero-order valence-electron chi connectivity index (χ0n) is 11.3. The molecular formula is C19H12N2. The molecule has 98 valence electrons. The maximum Gasteiger partial charge on any atom is 0.0998 e. The summed E-state index contributed by atoms with van der Waals surface area (Å²) < 4.78 is 2.21. The van der Waals surface area contributed by atoms with Gasteiger partial charge in [-0.3, -0.25) is 0 Å². The molecule has 4 rings (SSSR count). The van der Waals surface area contributed by atoms with Crippen molar-refractivity contribution >= 4 is 21.8 Å². The van der Waals surface area contributed by atoms with Crippen molar-refractivity contribution in [2.75, 3.05) is 0 Å². The predicted octanol–water partition coefficient (Wildman–Crippen LogP) is 4.66. The van der Waals surface area contributed by atoms with E-state index in [1.807, 2.05) is 42.5 Å². The van der Waals surface area contributed by atoms with Crippen LogP contribution in [0.1, 0.15) is 5.56 Å². The average molecular weight is 268 g/mol. The highest BCUT2D eigenvalue weighted by atomic mass is 15.0. The Morgan fingerprint density at radius 3 is 2.24 bits per heavy atom. The molecule has 0 aliphatic carbocycles. The maximum absolute atomic E-state index is 9.42. The number of para-hydroxylation sites is 2. The summed E-state index contributed by atoms with van der Waals surface area (Å²) in [6, 6.07) is 26.7. The van der Waals surface area contributed by atoms with Gasteiger partial charge in [-0.05, 0) is 30.3 Å². The zero-order valence-corrected chi connectivity index (χ0v) is 11.3. The van der Waals surface area contributed by atoms with Crippen LogP contribution in [-0.4, -0.2) is 4.57 Å². The van der Waals surface area contributed by atoms with Gasteiger partial charge < -0.3 is 4.57 Å². The van der Waals surface area contributed by atoms with E-state index in [0.717, 1.165) is 33.1 Å². The number of nitriles is 1. The number of benzene rings is 3. The first-order valence-electron chi connectivity index (χ1n) is 6.88. The molecule has 0 radical (unpaired) electrons. The van der Waals surface area contributed by atoms with Gasteiger partial charge in [-0.15, -0.1) is 0 Å². The normalized spacial score (nSPS) is 10.8. The lowest BCUT2D eigenvalue weighted by Crippen LogP contribution is -1.92. The molecule has 0 unspecified atom stereocenters. The van der Waals surface area contributed by atoms with Crippen molar-refractivity contribution in [1.82, 2.24) is 4.57 Å². The summed E-state index contributed by atoms with van der Waals surface area (Å²) >= 11 is 0. The summed E-state index contributed by atoms with van der Waals surface area (Å²) in [6.45, 7) is 0. The van der Waals surface area contributed by atoms with Crippen molar-refractivity contribution in [3.8, 4) is 11.8 Å². The fourth-order valence-corrected chi connectivity index (χ4v) is 2.97. The van der Waals surface area contributed by atoms with Crippen molar-refractivity contribution in [3.05, 3.63) is 78.4 Å². The van der Waals surface area contributed by atoms with Crippen LogP contribution < -0.4 is 0 Å². The van der Waals surface area contributed by atoms with Crippen LogP contribution in [0, 0.1) is 11.3 Å². The van der Waals surface area contributed by atoms with Crippen molar-refractivity contribution < 1.29 is 0 Å². The van der Waals surface area contributed by atoms with Gasteiger partial charge >= 0.3 is 0 Å². The average Bonchev–Trinajstić information content (AvgIpc) is 2.90. The lowest BCUT2D eigenvalue weighted by atomic mass is 10.1. The second kappa shape index (κ2) is 4.50. The molecule has 0 bridgehead atoms. The third-order valence-corrected chi connectivity index (χ3v) is 3.83. The minimum Gasteiger partial charge on any atom is -0.309 e. The van der Waals surface area contributed by atoms with E-state index in [-0.39, 0.29) is 0 Å². The predicted molar refractivity (Wildman–Crippen MR) is 85.5 cm³/mol. The highest BCUT2D eigenvalue weighted by Crippen LogP contribution is 2.33. The van der Waals surface area contributed by atoms with Gasteiger partial charge in [0.2, 0.25) is 0 Å². The Hall–Kier alpha value is -3.05. The van der Waals surface area contributed by atoms with Gasteiger partial charge in [0.1, 0.15) is 0 Å². The highest BCUT2D eigenvalue weighted by molar-refractivity contribution is 6.11. The van der Waals surface area contributed by atoms with Gasteiger partial charge in [0.25, 0.3) is 0 Å². The number of fused-ring (bicyclic) bond motifs is 3. The van der Waals surface area contributed by atoms with Crippen LogP contribution in [0.15, 0.2) is 72.8 Å². The lowest BCUT2D eigenvalue weighted by Gasteiger charge is -2.07. The third-order valence-electron chi connectivity index (χ3n) is 3.83. The Bertz CT molecular complexity index is 989. The van der Waals surface area contributed by atoms with Crippen molar-refractivity contribution in [1.29, 1.82) is 5.26 Å². The molecule has 2 nitrogen and oxygen atoms in total. The molecule has 0 atom stereocenters. The Morgan fingerprint density at radius 1 is 0.714 bits per heavy atom. The first-order chi connectivity index (χ1) is 10.4. The molecule has 0 N–H and O–H groups in total. The highest BCUT2D eigenvalue weighted by Gasteiger charge is 2.13. The molecule has 4 aromatic rings. The zero-order chi connectivity index (χ0) is 14.2. The van der Waals surface area contributed by atoms with Gasteiger partial charge in [-0.2, -0.15) is 5.26 Å². The van der Waals surface area contributed by atoms with Crippen LogP contribution in [0.2, 0.25) is 0 Å². The molecule has 21 heavy (non-hydrogen) atoms. The second-order valence-electron chi connectivity index (χ2n) is 5.00. The number of hydrogen-bond donors (Lipinski definition) is 0. The van der Waals surface area contributed by atoms with Gasteiger partial charge in [0, 0.05) is 16.5 Å². The molecule has 0 amide bonds. The fraction of sp³-hybridized carbons (Fsp3) is 0. The summed E-state index contributed by atoms with van der Waals surface area (Å²) in [4.78, 5) is 0. The second-order valence-corrected chi connectivity index (χ2v) is 5.00. The minimum absolute atomic E-state index is 0.721. The van der Waals surface area contributed by atoms with Crippen LogP contribution in [0.25, 0.3) is 27.5 Å². The summed E-state index contributed by atoms with van der Waals surface area (Å²) in [6.07, 6.45) is 0. The van der Waals surface area contributed by atoms with E-state index in [1.165, 1.54) is 0 Å². The third kappa shape index (κ3) is 1.65. The summed E-state index contributed by atoms with van der Waals surface area (Å²) in [5.41, 5.74) is 4.03. The fourth-order valence-electron chi connectivity index (χ4n) is 2.97. The van der Waals surface area contributed by atoms with Gasteiger partial charge in [0.05, 0.1) is 22.7 Å². The molecule has 3 aromatic carbocycles. The van der Waals surface area contributed by atoms with E-state index in [9.17, 15) is 5.26 Å². The minimum atomic E-state index is 0.721. The molecule has 0 aliphatic rings. The Morgan fingerprint density at radius 2 is 1.43 bits per heavy atom. The molecule has 1 aromatic heterocycles. The quantitative estimate of drug-likeness (QED) is 0.493. The Labute approximate surface area is 122 Å². The topological polar surface area (TPSA) is 28.7 Å². The van der Waals surface area contributed by atoms with Crippen LogP contribution >= 0.6 is 0 Å². The van der Waals surface area contributed by atoms with E-state index < -0.39 is 0 Å². The molecule has 0 aliphatic heterocycles. The Balaban J connectivity index is 2.27. The number of rotatable bonds is 1. The SMILES string of the molecule is N#Cc1cccc2c1c1ccccc1n2-c1ccccc1. The molecule has 0 saturated heterocycles. The van der Waals surface area contributed by atoms with E-state index in [0.29, 0.717) is 0 Å². The molecule has 0 spiro atoms. The molecular weight excluding hydrogens is 256 g/mol. The van der Waals surface area contributed by atoms with Gasteiger partial charge in [-0.25, -0.2) is 0 Å². The van der Waals surface area contributed by atoms with E-state index in [4.69, 9.17) is 0 Å². The smallest absolute Gasteiger partial charge is 0.0998 e. The first-order valence-corrected chi connectivity index (χ1v) is 6.88. The van der Waals surface area contributed by atoms with Gasteiger partial charge in [0.15, 0.2) is 0 Å². The number of nitrogens with zero attached hydrogens (tertiary/aromatic N) is 2. The lowest BCUT2D eigenvalue weighted by molar-refractivity contribution is 1.18. The largest absolute Gasteiger partial charge is 0.309 e. The van der Waals surface area contributed by atoms with E-state index in [2.05, 4.69) is 41.0 Å². The van der Waals surface area contributed by atoms with E-state index in [1.54, 1.807) is 0 Å². The molecule has 0 fully saturated rings. The summed E-state index contributed by atoms with van der Waals surface area (Å²) in [5.74, 6) is 0. The number of hydrogen-bond acceptors (Lipinski definition) is 1. The molecule has 1 heterocycles.